The molecule has 0 amide bonds. The third-order valence-electron chi connectivity index (χ3n) is 3.55. The highest BCUT2D eigenvalue weighted by Crippen LogP contribution is 2.16. The molecule has 2 N–H and O–H groups in total. The van der Waals surface area contributed by atoms with Crippen LogP contribution in [0.5, 0.6) is 0 Å². The molecule has 4 nitrogen and oxygen atoms in total. The van der Waals surface area contributed by atoms with Gasteiger partial charge in [-0.05, 0) is 46.9 Å². The van der Waals surface area contributed by atoms with Crippen molar-refractivity contribution in [1.29, 1.82) is 0 Å². The molecule has 0 bridgehead atoms. The van der Waals surface area contributed by atoms with Crippen LogP contribution in [-0.2, 0) is 6.42 Å². The van der Waals surface area contributed by atoms with Crippen molar-refractivity contribution in [2.45, 2.75) is 46.2 Å². The van der Waals surface area contributed by atoms with E-state index in [1.165, 1.54) is 9.75 Å². The molecule has 0 saturated heterocycles. The maximum Gasteiger partial charge on any atom is 0.191 e. The van der Waals surface area contributed by atoms with Gasteiger partial charge in [0.25, 0.3) is 0 Å². The van der Waals surface area contributed by atoms with Crippen molar-refractivity contribution in [2.75, 3.05) is 27.2 Å². The monoisotopic (exact) mass is 310 g/mol. The Labute approximate surface area is 133 Å². The number of nitrogens with zero attached hydrogens (tertiary/aromatic N) is 2. The van der Waals surface area contributed by atoms with Gasteiger partial charge in [-0.2, -0.15) is 0 Å². The lowest BCUT2D eigenvalue weighted by Crippen LogP contribution is -2.45. The van der Waals surface area contributed by atoms with Crippen LogP contribution >= 0.6 is 11.3 Å². The van der Waals surface area contributed by atoms with Gasteiger partial charge in [0.05, 0.1) is 0 Å². The average molecular weight is 311 g/mol. The Morgan fingerprint density at radius 1 is 1.33 bits per heavy atom. The summed E-state index contributed by atoms with van der Waals surface area (Å²) in [5, 5.41) is 6.83. The van der Waals surface area contributed by atoms with E-state index in [0.29, 0.717) is 12.1 Å². The van der Waals surface area contributed by atoms with Gasteiger partial charge in [-0.3, -0.25) is 4.99 Å². The molecular formula is C16H30N4S. The van der Waals surface area contributed by atoms with Crippen molar-refractivity contribution in [1.82, 2.24) is 15.5 Å². The molecule has 0 fully saturated rings. The molecule has 0 aromatic carbocycles. The van der Waals surface area contributed by atoms with Crippen molar-refractivity contribution < 1.29 is 0 Å². The second-order valence-electron chi connectivity index (χ2n) is 5.84. The lowest BCUT2D eigenvalue weighted by molar-refractivity contribution is 0.278. The molecule has 1 aromatic rings. The van der Waals surface area contributed by atoms with E-state index in [0.717, 1.165) is 25.5 Å². The van der Waals surface area contributed by atoms with Gasteiger partial charge in [-0.1, -0.05) is 0 Å². The summed E-state index contributed by atoms with van der Waals surface area (Å²) in [6, 6.07) is 5.34. The van der Waals surface area contributed by atoms with E-state index in [-0.39, 0.29) is 0 Å². The zero-order valence-electron chi connectivity index (χ0n) is 14.2. The topological polar surface area (TPSA) is 39.7 Å². The third-order valence-corrected chi connectivity index (χ3v) is 4.57. The number of guanidine groups is 1. The Balaban J connectivity index is 2.33. The predicted octanol–water partition coefficient (Wildman–Crippen LogP) is 2.49. The molecule has 0 spiro atoms. The fraction of sp³-hybridized carbons (Fsp3) is 0.688. The van der Waals surface area contributed by atoms with Crippen LogP contribution in [-0.4, -0.2) is 50.1 Å². The van der Waals surface area contributed by atoms with Crippen LogP contribution in [0.4, 0.5) is 0 Å². The number of thiophene rings is 1. The summed E-state index contributed by atoms with van der Waals surface area (Å²) in [6.07, 6.45) is 1.03. The number of hydrogen-bond acceptors (Lipinski definition) is 3. The van der Waals surface area contributed by atoms with Crippen molar-refractivity contribution in [2.24, 2.45) is 4.99 Å². The van der Waals surface area contributed by atoms with E-state index >= 15 is 0 Å². The van der Waals surface area contributed by atoms with Gasteiger partial charge in [-0.15, -0.1) is 11.3 Å². The normalized spacial score (nSPS) is 13.8. The van der Waals surface area contributed by atoms with Crippen LogP contribution in [0.2, 0.25) is 0 Å². The number of hydrogen-bond donors (Lipinski definition) is 2. The van der Waals surface area contributed by atoms with Gasteiger partial charge in [0.1, 0.15) is 0 Å². The highest BCUT2D eigenvalue weighted by atomic mass is 32.1. The molecule has 0 saturated carbocycles. The summed E-state index contributed by atoms with van der Waals surface area (Å²) < 4.78 is 0. The first kappa shape index (κ1) is 18.0. The fourth-order valence-electron chi connectivity index (χ4n) is 1.98. The Kier molecular flexibility index (Phi) is 7.75. The van der Waals surface area contributed by atoms with E-state index in [4.69, 9.17) is 0 Å². The summed E-state index contributed by atoms with van der Waals surface area (Å²) in [7, 11) is 3.97. The van der Waals surface area contributed by atoms with Crippen LogP contribution in [0, 0.1) is 6.92 Å². The minimum absolute atomic E-state index is 0.372. The van der Waals surface area contributed by atoms with E-state index < -0.39 is 0 Å². The minimum Gasteiger partial charge on any atom is -0.355 e. The van der Waals surface area contributed by atoms with Gasteiger partial charge in [0.15, 0.2) is 5.96 Å². The van der Waals surface area contributed by atoms with Crippen molar-refractivity contribution in [3.63, 3.8) is 0 Å². The van der Waals surface area contributed by atoms with Crippen LogP contribution < -0.4 is 10.6 Å². The summed E-state index contributed by atoms with van der Waals surface area (Å²) in [4.78, 5) is 9.40. The largest absolute Gasteiger partial charge is 0.355 e. The summed E-state index contributed by atoms with van der Waals surface area (Å²) in [6.45, 7) is 10.7. The third kappa shape index (κ3) is 6.96. The van der Waals surface area contributed by atoms with Crippen molar-refractivity contribution in [3.8, 4) is 0 Å². The van der Waals surface area contributed by atoms with Crippen LogP contribution in [0.1, 0.15) is 30.5 Å². The lowest BCUT2D eigenvalue weighted by atomic mass is 10.2. The van der Waals surface area contributed by atoms with Crippen molar-refractivity contribution >= 4 is 17.3 Å². The second kappa shape index (κ2) is 9.05. The highest BCUT2D eigenvalue weighted by molar-refractivity contribution is 7.11. The van der Waals surface area contributed by atoms with E-state index in [9.17, 15) is 0 Å². The molecule has 1 heterocycles. The molecule has 1 rings (SSSR count). The zero-order valence-corrected chi connectivity index (χ0v) is 15.0. The molecule has 0 aliphatic heterocycles. The molecule has 1 aromatic heterocycles. The smallest absolute Gasteiger partial charge is 0.191 e. The minimum atomic E-state index is 0.372. The van der Waals surface area contributed by atoms with Crippen molar-refractivity contribution in [3.05, 3.63) is 21.9 Å². The molecule has 0 aliphatic rings. The molecular weight excluding hydrogens is 280 g/mol. The van der Waals surface area contributed by atoms with Gasteiger partial charge >= 0.3 is 0 Å². The van der Waals surface area contributed by atoms with Crippen LogP contribution in [0.25, 0.3) is 0 Å². The highest BCUT2D eigenvalue weighted by Gasteiger charge is 2.08. The first-order chi connectivity index (χ1) is 9.92. The Bertz CT molecular complexity index is 439. The SMILES string of the molecule is CN=C(NCCN(C)C(C)C)NC(C)Cc1ccc(C)s1. The number of aryl methyl sites for hydroxylation is 1. The zero-order chi connectivity index (χ0) is 15.8. The van der Waals surface area contributed by atoms with E-state index in [1.807, 2.05) is 18.4 Å². The van der Waals surface area contributed by atoms with Crippen LogP contribution in [0.15, 0.2) is 17.1 Å². The first-order valence-corrected chi connectivity index (χ1v) is 8.46. The number of rotatable bonds is 7. The van der Waals surface area contributed by atoms with Crippen LogP contribution in [0.3, 0.4) is 0 Å². The number of likely N-dealkylation sites (N-methyl/N-ethyl adjacent to an activating group) is 1. The van der Waals surface area contributed by atoms with E-state index in [2.05, 4.69) is 67.4 Å². The van der Waals surface area contributed by atoms with Gasteiger partial charge in [0, 0.05) is 48.4 Å². The molecule has 1 unspecified atom stereocenters. The van der Waals surface area contributed by atoms with E-state index in [1.54, 1.807) is 0 Å². The molecule has 0 aliphatic carbocycles. The lowest BCUT2D eigenvalue weighted by Gasteiger charge is -2.22. The van der Waals surface area contributed by atoms with Gasteiger partial charge in [0.2, 0.25) is 0 Å². The second-order valence-corrected chi connectivity index (χ2v) is 7.21. The average Bonchev–Trinajstić information content (AvgIpc) is 2.82. The summed E-state index contributed by atoms with van der Waals surface area (Å²) in [5.41, 5.74) is 0. The molecule has 0 radical (unpaired) electrons. The Morgan fingerprint density at radius 2 is 2.05 bits per heavy atom. The predicted molar refractivity (Wildman–Crippen MR) is 94.5 cm³/mol. The maximum absolute atomic E-state index is 4.30. The molecule has 5 heteroatoms. The fourth-order valence-corrected chi connectivity index (χ4v) is 3.00. The molecule has 120 valence electrons. The first-order valence-electron chi connectivity index (χ1n) is 7.65. The Hall–Kier alpha value is -1.07. The standard InChI is InChI=1S/C16H30N4S/c1-12(2)20(6)10-9-18-16(17-5)19-13(3)11-15-8-7-14(4)21-15/h7-8,12-13H,9-11H2,1-6H3,(H2,17,18,19). The van der Waals surface area contributed by atoms with Gasteiger partial charge in [-0.25, -0.2) is 0 Å². The number of aliphatic imine (C=N–C) groups is 1. The van der Waals surface area contributed by atoms with Gasteiger partial charge < -0.3 is 15.5 Å². The quantitative estimate of drug-likeness (QED) is 0.600. The molecule has 21 heavy (non-hydrogen) atoms. The molecule has 1 atom stereocenters. The number of nitrogens with one attached hydrogen (secondary N) is 2. The maximum atomic E-state index is 4.30. The Morgan fingerprint density at radius 3 is 2.57 bits per heavy atom. The summed E-state index contributed by atoms with van der Waals surface area (Å²) >= 11 is 1.87. The summed E-state index contributed by atoms with van der Waals surface area (Å²) in [5.74, 6) is 0.882.